The van der Waals surface area contributed by atoms with Crippen molar-refractivity contribution >= 4 is 33.0 Å². The number of sulfonamides is 1. The van der Waals surface area contributed by atoms with Crippen molar-refractivity contribution in [3.05, 3.63) is 23.9 Å². The topological polar surface area (TPSA) is 97.1 Å². The van der Waals surface area contributed by atoms with Gasteiger partial charge in [-0.05, 0) is 18.6 Å². The van der Waals surface area contributed by atoms with Gasteiger partial charge in [0.1, 0.15) is 10.8 Å². The Morgan fingerprint density at radius 1 is 1.50 bits per heavy atom. The van der Waals surface area contributed by atoms with Crippen molar-refractivity contribution in [1.82, 2.24) is 9.71 Å². The summed E-state index contributed by atoms with van der Waals surface area (Å²) in [7, 11) is -3.11. The van der Waals surface area contributed by atoms with E-state index in [1.807, 2.05) is 0 Å². The lowest BCUT2D eigenvalue weighted by molar-refractivity contribution is 0.586. The number of hydrogen-bond donors (Lipinski definition) is 3. The lowest BCUT2D eigenvalue weighted by Gasteiger charge is -2.07. The highest BCUT2D eigenvalue weighted by atomic mass is 32.2. The number of nitrogens with one attached hydrogen (secondary N) is 2. The van der Waals surface area contributed by atoms with Crippen molar-refractivity contribution in [2.45, 2.75) is 6.42 Å². The number of pyridine rings is 1. The predicted octanol–water partition coefficient (Wildman–Crippen LogP) is 0.0670. The molecule has 1 heterocycles. The van der Waals surface area contributed by atoms with Crippen LogP contribution in [0.3, 0.4) is 0 Å². The minimum absolute atomic E-state index is 0.319. The summed E-state index contributed by atoms with van der Waals surface area (Å²) in [5.41, 5.74) is 6.25. The molecule has 8 heteroatoms. The molecule has 4 N–H and O–H groups in total. The first-order chi connectivity index (χ1) is 8.38. The van der Waals surface area contributed by atoms with Crippen molar-refractivity contribution in [3.8, 4) is 0 Å². The zero-order chi connectivity index (χ0) is 13.6. The molecule has 100 valence electrons. The van der Waals surface area contributed by atoms with Gasteiger partial charge in [0.25, 0.3) is 0 Å². The molecule has 0 fully saturated rings. The molecule has 0 saturated heterocycles. The Balaban J connectivity index is 2.36. The molecule has 0 aliphatic rings. The summed E-state index contributed by atoms with van der Waals surface area (Å²) >= 11 is 4.86. The fourth-order valence-corrected chi connectivity index (χ4v) is 1.88. The highest BCUT2D eigenvalue weighted by Gasteiger charge is 2.00. The number of nitrogens with zero attached hydrogens (tertiary/aromatic N) is 1. The minimum atomic E-state index is -3.11. The Morgan fingerprint density at radius 2 is 2.22 bits per heavy atom. The number of aromatic nitrogens is 1. The van der Waals surface area contributed by atoms with Gasteiger partial charge >= 0.3 is 0 Å². The maximum absolute atomic E-state index is 10.8. The van der Waals surface area contributed by atoms with Crippen LogP contribution in [0.15, 0.2) is 18.3 Å². The number of rotatable bonds is 7. The standard InChI is InChI=1S/C10H16N4O2S2/c1-18(15,16)14-5-2-4-12-9-7-8(10(11)17)3-6-13-9/h3,6-7,14H,2,4-5H2,1H3,(H2,11,17)(H,12,13). The summed E-state index contributed by atoms with van der Waals surface area (Å²) in [5.74, 6) is 0.666. The molecule has 6 nitrogen and oxygen atoms in total. The summed E-state index contributed by atoms with van der Waals surface area (Å²) in [6.45, 7) is 0.997. The van der Waals surface area contributed by atoms with Gasteiger partial charge in [-0.3, -0.25) is 0 Å². The Kier molecular flexibility index (Phi) is 5.45. The summed E-state index contributed by atoms with van der Waals surface area (Å²) in [6, 6.07) is 3.49. The monoisotopic (exact) mass is 288 g/mol. The molecule has 0 radical (unpaired) electrons. The maximum atomic E-state index is 10.8. The Bertz CT molecular complexity index is 516. The van der Waals surface area contributed by atoms with Gasteiger partial charge in [-0.1, -0.05) is 12.2 Å². The molecular weight excluding hydrogens is 272 g/mol. The molecule has 1 rings (SSSR count). The first-order valence-corrected chi connectivity index (χ1v) is 7.63. The lowest BCUT2D eigenvalue weighted by Crippen LogP contribution is -2.24. The van der Waals surface area contributed by atoms with E-state index in [1.165, 1.54) is 0 Å². The molecule has 0 aliphatic heterocycles. The van der Waals surface area contributed by atoms with Gasteiger partial charge in [-0.2, -0.15) is 0 Å². The number of hydrogen-bond acceptors (Lipinski definition) is 5. The highest BCUT2D eigenvalue weighted by Crippen LogP contribution is 2.06. The van der Waals surface area contributed by atoms with Gasteiger partial charge in [0.2, 0.25) is 10.0 Å². The molecule has 0 aromatic carbocycles. The van der Waals surface area contributed by atoms with Gasteiger partial charge in [-0.15, -0.1) is 0 Å². The molecule has 0 aliphatic carbocycles. The minimum Gasteiger partial charge on any atom is -0.389 e. The fraction of sp³-hybridized carbons (Fsp3) is 0.400. The van der Waals surface area contributed by atoms with E-state index in [2.05, 4.69) is 15.0 Å². The van der Waals surface area contributed by atoms with Crippen LogP contribution in [-0.2, 0) is 10.0 Å². The molecule has 0 unspecified atom stereocenters. The van der Waals surface area contributed by atoms with Gasteiger partial charge in [0.15, 0.2) is 0 Å². The quantitative estimate of drug-likeness (QED) is 0.485. The van der Waals surface area contributed by atoms with Crippen molar-refractivity contribution in [2.75, 3.05) is 24.7 Å². The smallest absolute Gasteiger partial charge is 0.208 e. The van der Waals surface area contributed by atoms with Gasteiger partial charge in [0, 0.05) is 24.8 Å². The van der Waals surface area contributed by atoms with E-state index in [1.54, 1.807) is 18.3 Å². The van der Waals surface area contributed by atoms with Crippen LogP contribution >= 0.6 is 12.2 Å². The van der Waals surface area contributed by atoms with E-state index >= 15 is 0 Å². The number of anilines is 1. The summed E-state index contributed by atoms with van der Waals surface area (Å²) in [4.78, 5) is 4.42. The predicted molar refractivity (Wildman–Crippen MR) is 76.1 cm³/mol. The van der Waals surface area contributed by atoms with E-state index in [0.717, 1.165) is 11.8 Å². The van der Waals surface area contributed by atoms with Gasteiger partial charge < -0.3 is 11.1 Å². The fourth-order valence-electron chi connectivity index (χ4n) is 1.24. The summed E-state index contributed by atoms with van der Waals surface area (Å²) in [5, 5.41) is 3.07. The van der Waals surface area contributed by atoms with E-state index in [-0.39, 0.29) is 0 Å². The van der Waals surface area contributed by atoms with Gasteiger partial charge in [0.05, 0.1) is 6.26 Å². The molecule has 1 aromatic heterocycles. The molecule has 0 saturated carbocycles. The average molecular weight is 288 g/mol. The van der Waals surface area contributed by atoms with Crippen LogP contribution in [-0.4, -0.2) is 37.7 Å². The van der Waals surface area contributed by atoms with E-state index in [9.17, 15) is 8.42 Å². The third-order valence-electron chi connectivity index (χ3n) is 2.07. The summed E-state index contributed by atoms with van der Waals surface area (Å²) < 4.78 is 24.0. The van der Waals surface area contributed by atoms with Crippen molar-refractivity contribution in [2.24, 2.45) is 5.73 Å². The first-order valence-electron chi connectivity index (χ1n) is 5.33. The zero-order valence-corrected chi connectivity index (χ0v) is 11.6. The second kappa shape index (κ2) is 6.62. The highest BCUT2D eigenvalue weighted by molar-refractivity contribution is 7.88. The Hall–Kier alpha value is -1.25. The van der Waals surface area contributed by atoms with E-state index in [4.69, 9.17) is 18.0 Å². The van der Waals surface area contributed by atoms with Crippen molar-refractivity contribution in [3.63, 3.8) is 0 Å². The van der Waals surface area contributed by atoms with Crippen molar-refractivity contribution < 1.29 is 8.42 Å². The Morgan fingerprint density at radius 3 is 2.83 bits per heavy atom. The second-order valence-electron chi connectivity index (χ2n) is 3.74. The number of nitrogens with two attached hydrogens (primary N) is 1. The average Bonchev–Trinajstić information content (AvgIpc) is 2.27. The van der Waals surface area contributed by atoms with Crippen LogP contribution in [0.4, 0.5) is 5.82 Å². The van der Waals surface area contributed by atoms with Crippen LogP contribution in [0.2, 0.25) is 0 Å². The maximum Gasteiger partial charge on any atom is 0.208 e. The van der Waals surface area contributed by atoms with Crippen LogP contribution in [0.1, 0.15) is 12.0 Å². The molecule has 0 amide bonds. The van der Waals surface area contributed by atoms with Crippen LogP contribution < -0.4 is 15.8 Å². The summed E-state index contributed by atoms with van der Waals surface area (Å²) in [6.07, 6.45) is 3.41. The second-order valence-corrected chi connectivity index (χ2v) is 6.01. The molecule has 1 aromatic rings. The molecule has 0 bridgehead atoms. The third kappa shape index (κ3) is 5.89. The zero-order valence-electron chi connectivity index (χ0n) is 10.0. The normalized spacial score (nSPS) is 11.2. The molecule has 18 heavy (non-hydrogen) atoms. The molecule has 0 spiro atoms. The number of thiocarbonyl (C=S) groups is 1. The molecule has 0 atom stereocenters. The lowest BCUT2D eigenvalue weighted by atomic mass is 10.2. The van der Waals surface area contributed by atoms with Gasteiger partial charge in [-0.25, -0.2) is 18.1 Å². The molecular formula is C10H16N4O2S2. The first kappa shape index (κ1) is 14.8. The van der Waals surface area contributed by atoms with Crippen LogP contribution in [0.25, 0.3) is 0 Å². The van der Waals surface area contributed by atoms with Crippen molar-refractivity contribution in [1.29, 1.82) is 0 Å². The van der Waals surface area contributed by atoms with E-state index < -0.39 is 10.0 Å². The van der Waals surface area contributed by atoms with Crippen LogP contribution in [0.5, 0.6) is 0 Å². The third-order valence-corrected chi connectivity index (χ3v) is 3.03. The SMILES string of the molecule is CS(=O)(=O)NCCCNc1cc(C(N)=S)ccn1. The van der Waals surface area contributed by atoms with E-state index in [0.29, 0.717) is 30.3 Å². The largest absolute Gasteiger partial charge is 0.389 e. The Labute approximate surface area is 112 Å². The van der Waals surface area contributed by atoms with Crippen LogP contribution in [0, 0.1) is 0 Å².